The van der Waals surface area contributed by atoms with Gasteiger partial charge in [0.15, 0.2) is 5.96 Å². The van der Waals surface area contributed by atoms with Crippen molar-refractivity contribution in [1.82, 2.24) is 10.6 Å². The van der Waals surface area contributed by atoms with Crippen molar-refractivity contribution in [1.29, 1.82) is 0 Å². The number of hydrogen-bond donors (Lipinski definition) is 2. The summed E-state index contributed by atoms with van der Waals surface area (Å²) in [6, 6.07) is 7.41. The summed E-state index contributed by atoms with van der Waals surface area (Å²) in [5.41, 5.74) is 0. The third-order valence-electron chi connectivity index (χ3n) is 3.51. The molecule has 1 aliphatic heterocycles. The Hall–Kier alpha value is -0.730. The minimum absolute atomic E-state index is 0. The van der Waals surface area contributed by atoms with E-state index >= 15 is 0 Å². The van der Waals surface area contributed by atoms with Crippen LogP contribution in [0.4, 0.5) is 0 Å². The molecule has 1 aliphatic rings. The second kappa shape index (κ2) is 11.8. The normalized spacial score (nSPS) is 18.6. The van der Waals surface area contributed by atoms with E-state index in [9.17, 15) is 0 Å². The quantitative estimate of drug-likeness (QED) is 0.366. The van der Waals surface area contributed by atoms with Crippen LogP contribution in [0, 0.1) is 0 Å². The van der Waals surface area contributed by atoms with Crippen LogP contribution in [0.1, 0.15) is 26.7 Å². The predicted molar refractivity (Wildman–Crippen MR) is 110 cm³/mol. The van der Waals surface area contributed by atoms with E-state index in [2.05, 4.69) is 22.5 Å². The number of nitrogens with one attached hydrogen (secondary N) is 2. The number of rotatable bonds is 7. The largest absolute Gasteiger partial charge is 0.489 e. The molecule has 2 rings (SSSR count). The SMILES string of the molecule is CCNC(=NCC(C)Oc1cccc(Cl)c1)NCC1CCCO1.I. The molecule has 0 aromatic heterocycles. The van der Waals surface area contributed by atoms with Crippen LogP contribution in [0.25, 0.3) is 0 Å². The molecule has 5 nitrogen and oxygen atoms in total. The standard InChI is InChI=1S/C17H26ClN3O2.HI/c1-3-19-17(21-12-16-8-5-9-22-16)20-11-13(2)23-15-7-4-6-14(18)10-15;/h4,6-7,10,13,16H,3,5,8-9,11-12H2,1-2H3,(H2,19,20,21);1H. The monoisotopic (exact) mass is 467 g/mol. The Kier molecular flexibility index (Phi) is 10.4. The molecule has 1 aromatic rings. The molecule has 0 amide bonds. The van der Waals surface area contributed by atoms with Gasteiger partial charge < -0.3 is 20.1 Å². The fraction of sp³-hybridized carbons (Fsp3) is 0.588. The summed E-state index contributed by atoms with van der Waals surface area (Å²) < 4.78 is 11.4. The zero-order valence-corrected chi connectivity index (χ0v) is 17.3. The van der Waals surface area contributed by atoms with E-state index in [0.717, 1.165) is 44.2 Å². The highest BCUT2D eigenvalue weighted by atomic mass is 127. The van der Waals surface area contributed by atoms with Gasteiger partial charge in [0.05, 0.1) is 12.6 Å². The van der Waals surface area contributed by atoms with Gasteiger partial charge in [-0.15, -0.1) is 24.0 Å². The van der Waals surface area contributed by atoms with Crippen molar-refractivity contribution in [3.63, 3.8) is 0 Å². The van der Waals surface area contributed by atoms with Crippen LogP contribution in [0.3, 0.4) is 0 Å². The molecule has 0 spiro atoms. The topological polar surface area (TPSA) is 54.9 Å². The number of benzene rings is 1. The highest BCUT2D eigenvalue weighted by molar-refractivity contribution is 14.0. The summed E-state index contributed by atoms with van der Waals surface area (Å²) in [6.07, 6.45) is 2.51. The molecule has 0 saturated carbocycles. The van der Waals surface area contributed by atoms with E-state index in [1.807, 2.05) is 31.2 Å². The van der Waals surface area contributed by atoms with Crippen LogP contribution in [0.5, 0.6) is 5.75 Å². The number of ether oxygens (including phenoxy) is 2. The Morgan fingerprint density at radius 1 is 1.46 bits per heavy atom. The minimum atomic E-state index is -0.0355. The molecule has 24 heavy (non-hydrogen) atoms. The van der Waals surface area contributed by atoms with Crippen LogP contribution < -0.4 is 15.4 Å². The molecule has 0 bridgehead atoms. The summed E-state index contributed by atoms with van der Waals surface area (Å²) in [4.78, 5) is 4.57. The van der Waals surface area contributed by atoms with Crippen molar-refractivity contribution in [2.45, 2.75) is 38.9 Å². The second-order valence-electron chi connectivity index (χ2n) is 5.62. The average molecular weight is 468 g/mol. The lowest BCUT2D eigenvalue weighted by atomic mass is 10.2. The molecule has 1 fully saturated rings. The number of guanidine groups is 1. The molecule has 2 unspecified atom stereocenters. The number of aliphatic imine (C=N–C) groups is 1. The fourth-order valence-electron chi connectivity index (χ4n) is 2.39. The lowest BCUT2D eigenvalue weighted by Crippen LogP contribution is -2.41. The third kappa shape index (κ3) is 7.90. The number of halogens is 2. The highest BCUT2D eigenvalue weighted by Crippen LogP contribution is 2.18. The molecule has 0 aliphatic carbocycles. The Morgan fingerprint density at radius 2 is 2.29 bits per heavy atom. The van der Waals surface area contributed by atoms with Crippen molar-refractivity contribution in [3.05, 3.63) is 29.3 Å². The third-order valence-corrected chi connectivity index (χ3v) is 3.74. The average Bonchev–Trinajstić information content (AvgIpc) is 3.03. The smallest absolute Gasteiger partial charge is 0.191 e. The Labute approximate surface area is 166 Å². The van der Waals surface area contributed by atoms with Gasteiger partial charge >= 0.3 is 0 Å². The molecular weight excluding hydrogens is 441 g/mol. The van der Waals surface area contributed by atoms with Gasteiger partial charge in [0.2, 0.25) is 0 Å². The van der Waals surface area contributed by atoms with Gasteiger partial charge in [0, 0.05) is 24.7 Å². The molecular formula is C17H27ClIN3O2. The molecule has 2 atom stereocenters. The molecule has 1 saturated heterocycles. The van der Waals surface area contributed by atoms with Crippen molar-refractivity contribution < 1.29 is 9.47 Å². The summed E-state index contributed by atoms with van der Waals surface area (Å²) in [7, 11) is 0. The van der Waals surface area contributed by atoms with E-state index in [0.29, 0.717) is 17.7 Å². The van der Waals surface area contributed by atoms with Crippen LogP contribution in [-0.4, -0.2) is 44.4 Å². The van der Waals surface area contributed by atoms with Gasteiger partial charge in [-0.05, 0) is 44.9 Å². The first-order valence-electron chi connectivity index (χ1n) is 8.23. The molecule has 7 heteroatoms. The summed E-state index contributed by atoms with van der Waals surface area (Å²) in [5.74, 6) is 1.56. The van der Waals surface area contributed by atoms with Gasteiger partial charge in [-0.25, -0.2) is 4.99 Å². The van der Waals surface area contributed by atoms with E-state index < -0.39 is 0 Å². The van der Waals surface area contributed by atoms with Gasteiger partial charge in [0.1, 0.15) is 11.9 Å². The van der Waals surface area contributed by atoms with Crippen LogP contribution in [0.15, 0.2) is 29.3 Å². The highest BCUT2D eigenvalue weighted by Gasteiger charge is 2.15. The fourth-order valence-corrected chi connectivity index (χ4v) is 2.57. The lowest BCUT2D eigenvalue weighted by molar-refractivity contribution is 0.113. The Bertz CT molecular complexity index is 510. The molecule has 0 radical (unpaired) electrons. The van der Waals surface area contributed by atoms with Gasteiger partial charge in [-0.3, -0.25) is 0 Å². The first kappa shape index (κ1) is 21.3. The van der Waals surface area contributed by atoms with E-state index in [1.54, 1.807) is 0 Å². The number of hydrogen-bond acceptors (Lipinski definition) is 3. The number of nitrogens with zero attached hydrogens (tertiary/aromatic N) is 1. The summed E-state index contributed by atoms with van der Waals surface area (Å²) in [6.45, 7) is 7.08. The lowest BCUT2D eigenvalue weighted by Gasteiger charge is -2.17. The molecule has 1 aromatic carbocycles. The van der Waals surface area contributed by atoms with Gasteiger partial charge in [-0.1, -0.05) is 17.7 Å². The zero-order valence-electron chi connectivity index (χ0n) is 14.3. The van der Waals surface area contributed by atoms with Gasteiger partial charge in [0.25, 0.3) is 0 Å². The maximum atomic E-state index is 5.96. The maximum Gasteiger partial charge on any atom is 0.191 e. The van der Waals surface area contributed by atoms with Crippen LogP contribution in [-0.2, 0) is 4.74 Å². The van der Waals surface area contributed by atoms with Crippen molar-refractivity contribution in [2.24, 2.45) is 4.99 Å². The van der Waals surface area contributed by atoms with E-state index in [1.165, 1.54) is 0 Å². The predicted octanol–water partition coefficient (Wildman–Crippen LogP) is 3.46. The van der Waals surface area contributed by atoms with E-state index in [-0.39, 0.29) is 30.1 Å². The van der Waals surface area contributed by atoms with E-state index in [4.69, 9.17) is 21.1 Å². The minimum Gasteiger partial charge on any atom is -0.489 e. The summed E-state index contributed by atoms with van der Waals surface area (Å²) in [5, 5.41) is 7.24. The first-order chi connectivity index (χ1) is 11.2. The van der Waals surface area contributed by atoms with Crippen molar-refractivity contribution in [3.8, 4) is 5.75 Å². The Morgan fingerprint density at radius 3 is 2.96 bits per heavy atom. The molecule has 136 valence electrons. The van der Waals surface area contributed by atoms with Gasteiger partial charge in [-0.2, -0.15) is 0 Å². The zero-order chi connectivity index (χ0) is 16.5. The molecule has 1 heterocycles. The van der Waals surface area contributed by atoms with Crippen molar-refractivity contribution in [2.75, 3.05) is 26.2 Å². The summed E-state index contributed by atoms with van der Waals surface area (Å²) >= 11 is 5.96. The Balaban J connectivity index is 0.00000288. The maximum absolute atomic E-state index is 5.96. The second-order valence-corrected chi connectivity index (χ2v) is 6.06. The van der Waals surface area contributed by atoms with Crippen LogP contribution in [0.2, 0.25) is 5.02 Å². The van der Waals surface area contributed by atoms with Crippen LogP contribution >= 0.6 is 35.6 Å². The molecule has 2 N–H and O–H groups in total. The first-order valence-corrected chi connectivity index (χ1v) is 8.61. The van der Waals surface area contributed by atoms with Crippen molar-refractivity contribution >= 4 is 41.5 Å².